The zero-order chi connectivity index (χ0) is 14.1. The van der Waals surface area contributed by atoms with Gasteiger partial charge in [-0.05, 0) is 18.2 Å². The van der Waals surface area contributed by atoms with Crippen molar-refractivity contribution in [3.05, 3.63) is 52.7 Å². The Morgan fingerprint density at radius 2 is 2.10 bits per heavy atom. The van der Waals surface area contributed by atoms with Gasteiger partial charge in [-0.3, -0.25) is 14.5 Å². The van der Waals surface area contributed by atoms with E-state index in [0.717, 1.165) is 0 Å². The maximum atomic E-state index is 10.9. The molecule has 0 aliphatic carbocycles. The van der Waals surface area contributed by atoms with Crippen molar-refractivity contribution < 1.29 is 9.66 Å². The highest BCUT2D eigenvalue weighted by atomic mass is 16.6. The van der Waals surface area contributed by atoms with Gasteiger partial charge in [-0.15, -0.1) is 10.2 Å². The topological polar surface area (TPSA) is 82.6 Å². The Morgan fingerprint density at radius 3 is 2.85 bits per heavy atom. The van der Waals surface area contributed by atoms with Gasteiger partial charge in [0.05, 0.1) is 17.6 Å². The molecule has 20 heavy (non-hydrogen) atoms. The fourth-order valence-corrected chi connectivity index (χ4v) is 2.01. The lowest BCUT2D eigenvalue weighted by molar-refractivity contribution is -0.384. The van der Waals surface area contributed by atoms with Crippen LogP contribution in [0, 0.1) is 10.1 Å². The SMILES string of the molecule is COc1ccc([N+](=O)[O-])cc1-c1nnc2ccccn12. The molecule has 3 aromatic rings. The third-order valence-electron chi connectivity index (χ3n) is 2.95. The van der Waals surface area contributed by atoms with Crippen molar-refractivity contribution in [3.63, 3.8) is 0 Å². The average molecular weight is 270 g/mol. The summed E-state index contributed by atoms with van der Waals surface area (Å²) in [6.07, 6.45) is 1.79. The smallest absolute Gasteiger partial charge is 0.270 e. The molecule has 0 amide bonds. The van der Waals surface area contributed by atoms with Crippen molar-refractivity contribution in [2.24, 2.45) is 0 Å². The third-order valence-corrected chi connectivity index (χ3v) is 2.95. The van der Waals surface area contributed by atoms with Crippen molar-refractivity contribution in [2.75, 3.05) is 7.11 Å². The third kappa shape index (κ3) is 1.85. The van der Waals surface area contributed by atoms with Crippen LogP contribution in [-0.2, 0) is 0 Å². The lowest BCUT2D eigenvalue weighted by Gasteiger charge is -2.06. The van der Waals surface area contributed by atoms with Gasteiger partial charge in [0, 0.05) is 18.3 Å². The highest BCUT2D eigenvalue weighted by Gasteiger charge is 2.17. The molecule has 0 fully saturated rings. The number of ether oxygens (including phenoxy) is 1. The highest BCUT2D eigenvalue weighted by molar-refractivity contribution is 5.69. The van der Waals surface area contributed by atoms with Crippen LogP contribution in [0.15, 0.2) is 42.6 Å². The quantitative estimate of drug-likeness (QED) is 0.538. The second-order valence-electron chi connectivity index (χ2n) is 4.09. The van der Waals surface area contributed by atoms with Crippen LogP contribution < -0.4 is 4.74 Å². The van der Waals surface area contributed by atoms with Crippen LogP contribution in [0.25, 0.3) is 17.0 Å². The number of non-ortho nitro benzene ring substituents is 1. The first-order valence-electron chi connectivity index (χ1n) is 5.83. The molecule has 7 nitrogen and oxygen atoms in total. The maximum Gasteiger partial charge on any atom is 0.270 e. The molecule has 0 bridgehead atoms. The van der Waals surface area contributed by atoms with Crippen LogP contribution in [0.3, 0.4) is 0 Å². The van der Waals surface area contributed by atoms with E-state index >= 15 is 0 Å². The second-order valence-corrected chi connectivity index (χ2v) is 4.09. The van der Waals surface area contributed by atoms with Gasteiger partial charge in [-0.1, -0.05) is 6.07 Å². The van der Waals surface area contributed by atoms with Gasteiger partial charge in [0.1, 0.15) is 5.75 Å². The molecule has 0 atom stereocenters. The number of hydrogen-bond donors (Lipinski definition) is 0. The standard InChI is InChI=1S/C13H10N4O3/c1-20-11-6-5-9(17(18)19)8-10(11)13-15-14-12-4-2-3-7-16(12)13/h2-8H,1H3. The molecule has 2 heterocycles. The predicted molar refractivity (Wildman–Crippen MR) is 71.6 cm³/mol. The molecular formula is C13H10N4O3. The number of nitrogens with zero attached hydrogens (tertiary/aromatic N) is 4. The summed E-state index contributed by atoms with van der Waals surface area (Å²) >= 11 is 0. The number of hydrogen-bond acceptors (Lipinski definition) is 5. The van der Waals surface area contributed by atoms with E-state index in [9.17, 15) is 10.1 Å². The van der Waals surface area contributed by atoms with Crippen molar-refractivity contribution in [1.82, 2.24) is 14.6 Å². The molecule has 0 N–H and O–H groups in total. The van der Waals surface area contributed by atoms with Crippen molar-refractivity contribution >= 4 is 11.3 Å². The van der Waals surface area contributed by atoms with Gasteiger partial charge >= 0.3 is 0 Å². The largest absolute Gasteiger partial charge is 0.496 e. The van der Waals surface area contributed by atoms with Crippen LogP contribution in [-0.4, -0.2) is 26.6 Å². The summed E-state index contributed by atoms with van der Waals surface area (Å²) in [5, 5.41) is 19.0. The van der Waals surface area contributed by atoms with E-state index in [1.807, 2.05) is 12.1 Å². The van der Waals surface area contributed by atoms with Crippen molar-refractivity contribution in [2.45, 2.75) is 0 Å². The fourth-order valence-electron chi connectivity index (χ4n) is 2.01. The molecule has 0 spiro atoms. The number of pyridine rings is 1. The molecule has 2 aromatic heterocycles. The monoisotopic (exact) mass is 270 g/mol. The predicted octanol–water partition coefficient (Wildman–Crippen LogP) is 2.31. The van der Waals surface area contributed by atoms with Crippen molar-refractivity contribution in [3.8, 4) is 17.1 Å². The van der Waals surface area contributed by atoms with Gasteiger partial charge in [-0.2, -0.15) is 0 Å². The summed E-state index contributed by atoms with van der Waals surface area (Å²) < 4.78 is 7.00. The van der Waals surface area contributed by atoms with Gasteiger partial charge < -0.3 is 4.74 Å². The number of nitro benzene ring substituents is 1. The zero-order valence-electron chi connectivity index (χ0n) is 10.6. The first-order chi connectivity index (χ1) is 9.70. The summed E-state index contributed by atoms with van der Waals surface area (Å²) in [6.45, 7) is 0. The lowest BCUT2D eigenvalue weighted by atomic mass is 10.1. The summed E-state index contributed by atoms with van der Waals surface area (Å²) in [7, 11) is 1.51. The highest BCUT2D eigenvalue weighted by Crippen LogP contribution is 2.32. The molecule has 1 aromatic carbocycles. The number of benzene rings is 1. The van der Waals surface area contributed by atoms with E-state index in [0.29, 0.717) is 22.8 Å². The van der Waals surface area contributed by atoms with E-state index < -0.39 is 4.92 Å². The molecule has 0 saturated heterocycles. The molecule has 0 saturated carbocycles. The van der Waals surface area contributed by atoms with E-state index in [1.54, 1.807) is 22.7 Å². The lowest BCUT2D eigenvalue weighted by Crippen LogP contribution is -1.95. The molecule has 0 unspecified atom stereocenters. The Morgan fingerprint density at radius 1 is 1.25 bits per heavy atom. The molecule has 0 aliphatic heterocycles. The summed E-state index contributed by atoms with van der Waals surface area (Å²) in [6, 6.07) is 9.87. The summed E-state index contributed by atoms with van der Waals surface area (Å²) in [5.41, 5.74) is 1.17. The van der Waals surface area contributed by atoms with E-state index in [4.69, 9.17) is 4.74 Å². The minimum atomic E-state index is -0.452. The maximum absolute atomic E-state index is 10.9. The minimum Gasteiger partial charge on any atom is -0.496 e. The van der Waals surface area contributed by atoms with Gasteiger partial charge in [-0.25, -0.2) is 0 Å². The summed E-state index contributed by atoms with van der Waals surface area (Å²) in [4.78, 5) is 10.5. The second kappa shape index (κ2) is 4.61. The van der Waals surface area contributed by atoms with E-state index in [1.165, 1.54) is 19.2 Å². The zero-order valence-corrected chi connectivity index (χ0v) is 10.6. The first kappa shape index (κ1) is 12.1. The Balaban J connectivity index is 2.27. The number of rotatable bonds is 3. The average Bonchev–Trinajstić information content (AvgIpc) is 2.90. The minimum absolute atomic E-state index is 0.0199. The fraction of sp³-hybridized carbons (Fsp3) is 0.0769. The molecule has 0 aliphatic rings. The molecule has 100 valence electrons. The van der Waals surface area contributed by atoms with Crippen LogP contribution in [0.4, 0.5) is 5.69 Å². The first-order valence-corrected chi connectivity index (χ1v) is 5.83. The van der Waals surface area contributed by atoms with Crippen LogP contribution >= 0.6 is 0 Å². The van der Waals surface area contributed by atoms with Gasteiger partial charge in [0.15, 0.2) is 11.5 Å². The van der Waals surface area contributed by atoms with Crippen LogP contribution in [0.2, 0.25) is 0 Å². The molecule has 3 rings (SSSR count). The van der Waals surface area contributed by atoms with Crippen molar-refractivity contribution in [1.29, 1.82) is 0 Å². The Bertz CT molecular complexity index is 797. The van der Waals surface area contributed by atoms with E-state index in [-0.39, 0.29) is 5.69 Å². The molecule has 0 radical (unpaired) electrons. The van der Waals surface area contributed by atoms with Gasteiger partial charge in [0.2, 0.25) is 0 Å². The number of aromatic nitrogens is 3. The van der Waals surface area contributed by atoms with E-state index in [2.05, 4.69) is 10.2 Å². The normalized spacial score (nSPS) is 10.7. The van der Waals surface area contributed by atoms with Crippen LogP contribution in [0.1, 0.15) is 0 Å². The number of fused-ring (bicyclic) bond motifs is 1. The number of methoxy groups -OCH3 is 1. The summed E-state index contributed by atoms with van der Waals surface area (Å²) in [5.74, 6) is 1.01. The van der Waals surface area contributed by atoms with Crippen LogP contribution in [0.5, 0.6) is 5.75 Å². The Kier molecular flexibility index (Phi) is 2.79. The Labute approximate surface area is 113 Å². The number of nitro groups is 1. The van der Waals surface area contributed by atoms with Gasteiger partial charge in [0.25, 0.3) is 5.69 Å². The Hall–Kier alpha value is -2.96. The molecule has 7 heteroatoms. The molecular weight excluding hydrogens is 260 g/mol.